The van der Waals surface area contributed by atoms with Crippen molar-refractivity contribution in [2.75, 3.05) is 11.9 Å². The summed E-state index contributed by atoms with van der Waals surface area (Å²) in [7, 11) is 0. The van der Waals surface area contributed by atoms with Gasteiger partial charge in [-0.05, 0) is 6.42 Å². The number of hydrogen-bond acceptors (Lipinski definition) is 5. The second-order valence-electron chi connectivity index (χ2n) is 5.36. The molecule has 1 fully saturated rings. The van der Waals surface area contributed by atoms with E-state index in [4.69, 9.17) is 0 Å². The Morgan fingerprint density at radius 2 is 2.24 bits per heavy atom. The van der Waals surface area contributed by atoms with E-state index in [1.54, 1.807) is 0 Å². The summed E-state index contributed by atoms with van der Waals surface area (Å²) in [6, 6.07) is 0.272. The molecule has 0 bridgehead atoms. The third-order valence-electron chi connectivity index (χ3n) is 2.69. The standard InChI is InChI=1S/C11H18N4OS/c1-11(2,3)9-14-10(17-15-9)13-7-4-5-8(16)12-6-7/h7H,4-6H2,1-3H3,(H,12,16)(H,13,14,15). The van der Waals surface area contributed by atoms with Gasteiger partial charge in [-0.3, -0.25) is 4.79 Å². The molecule has 1 unspecified atom stereocenters. The highest BCUT2D eigenvalue weighted by Crippen LogP contribution is 2.23. The Kier molecular flexibility index (Phi) is 3.33. The van der Waals surface area contributed by atoms with Gasteiger partial charge in [0.2, 0.25) is 11.0 Å². The van der Waals surface area contributed by atoms with Gasteiger partial charge in [-0.15, -0.1) is 0 Å². The molecule has 17 heavy (non-hydrogen) atoms. The second-order valence-corrected chi connectivity index (χ2v) is 6.11. The molecular weight excluding hydrogens is 236 g/mol. The van der Waals surface area contributed by atoms with Gasteiger partial charge in [-0.2, -0.15) is 4.37 Å². The molecule has 5 nitrogen and oxygen atoms in total. The fourth-order valence-electron chi connectivity index (χ4n) is 1.62. The van der Waals surface area contributed by atoms with Crippen LogP contribution in [0.4, 0.5) is 5.13 Å². The number of amides is 1. The number of anilines is 1. The van der Waals surface area contributed by atoms with Crippen molar-refractivity contribution in [3.8, 4) is 0 Å². The van der Waals surface area contributed by atoms with Crippen LogP contribution in [0.1, 0.15) is 39.4 Å². The van der Waals surface area contributed by atoms with Crippen molar-refractivity contribution >= 4 is 22.6 Å². The van der Waals surface area contributed by atoms with Crippen molar-refractivity contribution < 1.29 is 4.79 Å². The lowest BCUT2D eigenvalue weighted by Crippen LogP contribution is -2.41. The van der Waals surface area contributed by atoms with Crippen LogP contribution in [-0.2, 0) is 10.2 Å². The zero-order chi connectivity index (χ0) is 12.5. The zero-order valence-corrected chi connectivity index (χ0v) is 11.2. The lowest BCUT2D eigenvalue weighted by molar-refractivity contribution is -0.122. The van der Waals surface area contributed by atoms with Crippen LogP contribution in [0.5, 0.6) is 0 Å². The molecule has 0 saturated carbocycles. The highest BCUT2D eigenvalue weighted by molar-refractivity contribution is 7.09. The van der Waals surface area contributed by atoms with Crippen molar-refractivity contribution in [2.45, 2.75) is 45.1 Å². The fourth-order valence-corrected chi connectivity index (χ4v) is 2.45. The van der Waals surface area contributed by atoms with Crippen molar-refractivity contribution in [3.05, 3.63) is 5.82 Å². The average Bonchev–Trinajstić information content (AvgIpc) is 2.69. The molecule has 0 aliphatic carbocycles. The third kappa shape index (κ3) is 3.15. The van der Waals surface area contributed by atoms with Gasteiger partial charge in [0.1, 0.15) is 5.82 Å². The highest BCUT2D eigenvalue weighted by Gasteiger charge is 2.22. The molecule has 0 spiro atoms. The number of nitrogens with zero attached hydrogens (tertiary/aromatic N) is 2. The predicted molar refractivity (Wildman–Crippen MR) is 68.3 cm³/mol. The van der Waals surface area contributed by atoms with E-state index >= 15 is 0 Å². The molecule has 1 saturated heterocycles. The van der Waals surface area contributed by atoms with Crippen molar-refractivity contribution in [3.63, 3.8) is 0 Å². The minimum Gasteiger partial charge on any atom is -0.356 e. The summed E-state index contributed by atoms with van der Waals surface area (Å²) in [6.07, 6.45) is 1.44. The number of nitrogens with one attached hydrogen (secondary N) is 2. The lowest BCUT2D eigenvalue weighted by atomic mass is 9.96. The zero-order valence-electron chi connectivity index (χ0n) is 10.4. The molecule has 6 heteroatoms. The van der Waals surface area contributed by atoms with Crippen molar-refractivity contribution in [1.82, 2.24) is 14.7 Å². The monoisotopic (exact) mass is 254 g/mol. The highest BCUT2D eigenvalue weighted by atomic mass is 32.1. The number of aromatic nitrogens is 2. The minimum atomic E-state index is -0.0167. The van der Waals surface area contributed by atoms with Crippen LogP contribution < -0.4 is 10.6 Å². The van der Waals surface area contributed by atoms with E-state index in [0.717, 1.165) is 17.4 Å². The molecule has 94 valence electrons. The SMILES string of the molecule is CC(C)(C)c1nsc(NC2CCC(=O)NC2)n1. The molecule has 1 aliphatic heterocycles. The van der Waals surface area contributed by atoms with Crippen molar-refractivity contribution in [2.24, 2.45) is 0 Å². The van der Waals surface area contributed by atoms with E-state index < -0.39 is 0 Å². The Hall–Kier alpha value is -1.17. The largest absolute Gasteiger partial charge is 0.356 e. The van der Waals surface area contributed by atoms with Crippen LogP contribution in [0.15, 0.2) is 0 Å². The average molecular weight is 254 g/mol. The summed E-state index contributed by atoms with van der Waals surface area (Å²) in [5.74, 6) is 1.00. The second kappa shape index (κ2) is 4.60. The molecule has 1 aromatic heterocycles. The fraction of sp³-hybridized carbons (Fsp3) is 0.727. The molecule has 1 aromatic rings. The van der Waals surface area contributed by atoms with Gasteiger partial charge in [-0.1, -0.05) is 20.8 Å². The van der Waals surface area contributed by atoms with Gasteiger partial charge in [0.25, 0.3) is 0 Å². The topological polar surface area (TPSA) is 66.9 Å². The smallest absolute Gasteiger partial charge is 0.220 e. The van der Waals surface area contributed by atoms with E-state index in [-0.39, 0.29) is 17.4 Å². The first-order valence-corrected chi connectivity index (χ1v) is 6.60. The maximum atomic E-state index is 11.0. The van der Waals surface area contributed by atoms with Crippen LogP contribution in [0.25, 0.3) is 0 Å². The summed E-state index contributed by atoms with van der Waals surface area (Å²) in [5, 5.41) is 7.01. The molecule has 1 atom stereocenters. The number of piperidine rings is 1. The lowest BCUT2D eigenvalue weighted by Gasteiger charge is -2.22. The van der Waals surface area contributed by atoms with Gasteiger partial charge in [0.15, 0.2) is 0 Å². The predicted octanol–water partition coefficient (Wildman–Crippen LogP) is 1.53. The van der Waals surface area contributed by atoms with Gasteiger partial charge in [0, 0.05) is 36.0 Å². The van der Waals surface area contributed by atoms with E-state index in [1.807, 2.05) is 0 Å². The molecule has 1 aliphatic rings. The van der Waals surface area contributed by atoms with Crippen LogP contribution in [-0.4, -0.2) is 27.9 Å². The molecule has 2 N–H and O–H groups in total. The van der Waals surface area contributed by atoms with Crippen molar-refractivity contribution in [1.29, 1.82) is 0 Å². The molecular formula is C11H18N4OS. The van der Waals surface area contributed by atoms with E-state index in [0.29, 0.717) is 13.0 Å². The molecule has 0 radical (unpaired) electrons. The first kappa shape index (κ1) is 12.3. The van der Waals surface area contributed by atoms with Gasteiger partial charge in [-0.25, -0.2) is 4.98 Å². The molecule has 1 amide bonds. The molecule has 0 aromatic carbocycles. The Balaban J connectivity index is 1.95. The first-order valence-electron chi connectivity index (χ1n) is 5.82. The maximum Gasteiger partial charge on any atom is 0.220 e. The van der Waals surface area contributed by atoms with Crippen LogP contribution in [0.2, 0.25) is 0 Å². The first-order chi connectivity index (χ1) is 7.95. The maximum absolute atomic E-state index is 11.0. The summed E-state index contributed by atoms with van der Waals surface area (Å²) in [4.78, 5) is 15.5. The quantitative estimate of drug-likeness (QED) is 0.840. The Morgan fingerprint density at radius 1 is 1.47 bits per heavy atom. The van der Waals surface area contributed by atoms with Crippen LogP contribution >= 0.6 is 11.5 Å². The Labute approximate surface area is 105 Å². The number of carbonyl (C=O) groups excluding carboxylic acids is 1. The molecule has 2 heterocycles. The van der Waals surface area contributed by atoms with E-state index in [2.05, 4.69) is 40.8 Å². The number of rotatable bonds is 2. The third-order valence-corrected chi connectivity index (χ3v) is 3.34. The Bertz CT molecular complexity index is 400. The summed E-state index contributed by atoms with van der Waals surface area (Å²) in [5.41, 5.74) is -0.0167. The van der Waals surface area contributed by atoms with E-state index in [1.165, 1.54) is 11.5 Å². The summed E-state index contributed by atoms with van der Waals surface area (Å²) in [6.45, 7) is 6.96. The Morgan fingerprint density at radius 3 is 2.76 bits per heavy atom. The number of hydrogen-bond donors (Lipinski definition) is 2. The van der Waals surface area contributed by atoms with Gasteiger partial charge >= 0.3 is 0 Å². The minimum absolute atomic E-state index is 0.0167. The van der Waals surface area contributed by atoms with Gasteiger partial charge < -0.3 is 10.6 Å². The normalized spacial score (nSPS) is 21.1. The summed E-state index contributed by atoms with van der Waals surface area (Å²) >= 11 is 1.39. The van der Waals surface area contributed by atoms with Gasteiger partial charge in [0.05, 0.1) is 0 Å². The summed E-state index contributed by atoms with van der Waals surface area (Å²) < 4.78 is 4.35. The number of carbonyl (C=O) groups is 1. The van der Waals surface area contributed by atoms with Crippen LogP contribution in [0.3, 0.4) is 0 Å². The van der Waals surface area contributed by atoms with E-state index in [9.17, 15) is 4.79 Å². The molecule has 2 rings (SSSR count). The van der Waals surface area contributed by atoms with Crippen LogP contribution in [0, 0.1) is 0 Å².